The van der Waals surface area contributed by atoms with Crippen molar-refractivity contribution in [3.05, 3.63) is 48.5 Å². The number of aromatic amines is 1. The first-order valence-corrected chi connectivity index (χ1v) is 11.5. The van der Waals surface area contributed by atoms with Crippen LogP contribution < -0.4 is 10.6 Å². The Morgan fingerprint density at radius 3 is 2.83 bits per heavy atom. The molecule has 5 heterocycles. The smallest absolute Gasteiger partial charge is 0.271 e. The quantitative estimate of drug-likeness (QED) is 0.351. The summed E-state index contributed by atoms with van der Waals surface area (Å²) in [5.41, 5.74) is 2.25. The summed E-state index contributed by atoms with van der Waals surface area (Å²) < 4.78 is 1.97. The van der Waals surface area contributed by atoms with Crippen molar-refractivity contribution in [2.45, 2.75) is 38.3 Å². The highest BCUT2D eigenvalue weighted by Gasteiger charge is 2.22. The first kappa shape index (κ1) is 22.6. The molecule has 1 saturated heterocycles. The number of aromatic nitrogens is 5. The number of nitrogens with zero attached hydrogens (tertiary/aromatic N) is 5. The van der Waals surface area contributed by atoms with Gasteiger partial charge in [0.2, 0.25) is 0 Å². The Labute approximate surface area is 202 Å². The third-order valence-electron chi connectivity index (χ3n) is 6.18. The number of hydrogen-bond donors (Lipinski definition) is 4. The van der Waals surface area contributed by atoms with E-state index in [0.29, 0.717) is 34.0 Å². The summed E-state index contributed by atoms with van der Waals surface area (Å²) in [4.78, 5) is 24.7. The monoisotopic (exact) mass is 470 g/mol. The summed E-state index contributed by atoms with van der Waals surface area (Å²) in [7, 11) is 0. The Bertz CT molecular complexity index is 1440. The third kappa shape index (κ3) is 4.46. The van der Waals surface area contributed by atoms with E-state index in [1.165, 1.54) is 0 Å². The lowest BCUT2D eigenvalue weighted by atomic mass is 10.1. The average Bonchev–Trinajstić information content (AvgIpc) is 3.49. The molecule has 0 spiro atoms. The number of carbonyl (C=O) groups excluding carboxylic acids is 1. The first-order chi connectivity index (χ1) is 16.8. The van der Waals surface area contributed by atoms with Gasteiger partial charge in [0, 0.05) is 23.5 Å². The van der Waals surface area contributed by atoms with Crippen LogP contribution in [0.25, 0.3) is 33.5 Å². The van der Waals surface area contributed by atoms with Gasteiger partial charge in [-0.3, -0.25) is 9.48 Å². The van der Waals surface area contributed by atoms with Crippen LogP contribution in [0, 0.1) is 11.3 Å². The highest BCUT2D eigenvalue weighted by atomic mass is 16.3. The second-order valence-corrected chi connectivity index (χ2v) is 9.26. The lowest BCUT2D eigenvalue weighted by molar-refractivity contribution is 0.0924. The summed E-state index contributed by atoms with van der Waals surface area (Å²) in [5.74, 6) is -0.353. The van der Waals surface area contributed by atoms with Gasteiger partial charge in [-0.15, -0.1) is 0 Å². The number of carbonyl (C=O) groups is 1. The van der Waals surface area contributed by atoms with Gasteiger partial charge in [0.1, 0.15) is 16.9 Å². The van der Waals surface area contributed by atoms with Gasteiger partial charge in [-0.05, 0) is 58.0 Å². The minimum absolute atomic E-state index is 0.0869. The van der Waals surface area contributed by atoms with E-state index in [4.69, 9.17) is 0 Å². The van der Waals surface area contributed by atoms with Gasteiger partial charge in [0.05, 0.1) is 35.1 Å². The largest absolute Gasteiger partial charge is 0.505 e. The number of aromatic hydroxyl groups is 1. The number of H-pyrrole nitrogens is 1. The van der Waals surface area contributed by atoms with E-state index in [9.17, 15) is 15.2 Å². The van der Waals surface area contributed by atoms with Crippen molar-refractivity contribution >= 4 is 16.9 Å². The molecule has 1 aliphatic heterocycles. The van der Waals surface area contributed by atoms with E-state index in [0.717, 1.165) is 31.5 Å². The van der Waals surface area contributed by atoms with Crippen molar-refractivity contribution in [1.29, 1.82) is 5.26 Å². The van der Waals surface area contributed by atoms with Crippen LogP contribution in [0.2, 0.25) is 0 Å². The van der Waals surface area contributed by atoms with Crippen LogP contribution in [-0.4, -0.2) is 54.4 Å². The van der Waals surface area contributed by atoms with Gasteiger partial charge in [0.25, 0.3) is 5.91 Å². The van der Waals surface area contributed by atoms with E-state index in [2.05, 4.69) is 30.7 Å². The van der Waals surface area contributed by atoms with Crippen molar-refractivity contribution in [3.63, 3.8) is 0 Å². The second kappa shape index (κ2) is 8.85. The van der Waals surface area contributed by atoms with Gasteiger partial charge >= 0.3 is 0 Å². The first-order valence-electron chi connectivity index (χ1n) is 11.5. The fraction of sp³-hybridized carbons (Fsp3) is 0.320. The zero-order valence-electron chi connectivity index (χ0n) is 19.5. The van der Waals surface area contributed by atoms with E-state index in [1.807, 2.05) is 16.9 Å². The topological polar surface area (TPSA) is 145 Å². The van der Waals surface area contributed by atoms with Crippen LogP contribution in [-0.2, 0) is 0 Å². The molecule has 178 valence electrons. The number of nitriles is 1. The van der Waals surface area contributed by atoms with E-state index in [1.54, 1.807) is 50.5 Å². The van der Waals surface area contributed by atoms with Crippen molar-refractivity contribution in [2.24, 2.45) is 0 Å². The zero-order valence-corrected chi connectivity index (χ0v) is 19.5. The van der Waals surface area contributed by atoms with Gasteiger partial charge < -0.3 is 20.7 Å². The Morgan fingerprint density at radius 2 is 2.06 bits per heavy atom. The van der Waals surface area contributed by atoms with Crippen molar-refractivity contribution in [2.75, 3.05) is 13.1 Å². The molecule has 0 bridgehead atoms. The number of piperidine rings is 1. The van der Waals surface area contributed by atoms with Gasteiger partial charge in [-0.1, -0.05) is 6.07 Å². The lowest BCUT2D eigenvalue weighted by Gasteiger charge is -2.22. The van der Waals surface area contributed by atoms with Crippen LogP contribution in [0.4, 0.5) is 0 Å². The van der Waals surface area contributed by atoms with Crippen molar-refractivity contribution in [3.8, 4) is 34.3 Å². The third-order valence-corrected chi connectivity index (χ3v) is 6.18. The number of fused-ring (bicyclic) bond motifs is 1. The molecule has 1 fully saturated rings. The van der Waals surface area contributed by atoms with Crippen LogP contribution in [0.5, 0.6) is 5.75 Å². The number of nitrogens with one attached hydrogen (secondary N) is 3. The molecule has 0 aliphatic carbocycles. The van der Waals surface area contributed by atoms with Crippen molar-refractivity contribution < 1.29 is 9.90 Å². The maximum absolute atomic E-state index is 12.5. The van der Waals surface area contributed by atoms with Crippen LogP contribution in [0.1, 0.15) is 43.2 Å². The lowest BCUT2D eigenvalue weighted by Crippen LogP contribution is -2.42. The fourth-order valence-corrected chi connectivity index (χ4v) is 4.24. The molecule has 0 aromatic carbocycles. The summed E-state index contributed by atoms with van der Waals surface area (Å²) >= 11 is 0. The maximum atomic E-state index is 12.5. The predicted octanol–water partition coefficient (Wildman–Crippen LogP) is 3.15. The average molecular weight is 471 g/mol. The second-order valence-electron chi connectivity index (χ2n) is 9.26. The molecule has 0 saturated carbocycles. The minimum atomic E-state index is -1.01. The van der Waals surface area contributed by atoms with Crippen LogP contribution in [0.3, 0.4) is 0 Å². The van der Waals surface area contributed by atoms with E-state index < -0.39 is 11.4 Å². The molecule has 4 N–H and O–H groups in total. The Hall–Kier alpha value is -4.23. The highest BCUT2D eigenvalue weighted by molar-refractivity contribution is 5.95. The summed E-state index contributed by atoms with van der Waals surface area (Å²) in [6.45, 7) is 5.18. The van der Waals surface area contributed by atoms with E-state index >= 15 is 0 Å². The molecule has 0 atom stereocenters. The molecule has 1 aliphatic rings. The van der Waals surface area contributed by atoms with Crippen molar-refractivity contribution in [1.82, 2.24) is 35.4 Å². The zero-order chi connectivity index (χ0) is 24.6. The number of amides is 1. The number of rotatable bonds is 5. The Morgan fingerprint density at radius 1 is 1.26 bits per heavy atom. The number of pyridine rings is 2. The molecule has 0 unspecified atom stereocenters. The molecule has 10 heteroatoms. The highest BCUT2D eigenvalue weighted by Crippen LogP contribution is 2.37. The molecule has 4 aromatic heterocycles. The fourth-order valence-electron chi connectivity index (χ4n) is 4.24. The Kier molecular flexibility index (Phi) is 5.70. The molecule has 10 nitrogen and oxygen atoms in total. The van der Waals surface area contributed by atoms with Gasteiger partial charge in [0.15, 0.2) is 5.75 Å². The Balaban J connectivity index is 1.44. The molecule has 4 aromatic rings. The predicted molar refractivity (Wildman–Crippen MR) is 131 cm³/mol. The SMILES string of the molecule is CC(C)(C#N)NC(=O)c1cccc(-c2cnc3[nH]c(-c4cnn(C5CCNCC5)c4)c(O)c3c2)n1. The van der Waals surface area contributed by atoms with E-state index in [-0.39, 0.29) is 11.4 Å². The number of hydrogen-bond acceptors (Lipinski definition) is 7. The van der Waals surface area contributed by atoms with Gasteiger partial charge in [-0.25, -0.2) is 9.97 Å². The van der Waals surface area contributed by atoms with Crippen LogP contribution >= 0.6 is 0 Å². The standard InChI is InChI=1S/C25H26N8O2/c1-25(2,14-26)32-24(35)20-5-3-4-19(30-20)15-10-18-22(34)21(31-23(18)28-11-15)16-12-29-33(13-16)17-6-8-27-9-7-17/h3-5,10-13,17,27,34H,6-9H2,1-2H3,(H,28,31)(H,32,35). The summed E-state index contributed by atoms with van der Waals surface area (Å²) in [6.07, 6.45) is 7.38. The molecule has 0 radical (unpaired) electrons. The van der Waals surface area contributed by atoms with Gasteiger partial charge in [-0.2, -0.15) is 10.4 Å². The van der Waals surface area contributed by atoms with Crippen LogP contribution in [0.15, 0.2) is 42.9 Å². The minimum Gasteiger partial charge on any atom is -0.505 e. The molecular weight excluding hydrogens is 444 g/mol. The molecule has 5 rings (SSSR count). The normalized spacial score (nSPS) is 14.7. The summed E-state index contributed by atoms with van der Waals surface area (Å²) in [6, 6.07) is 9.25. The molecular formula is C25H26N8O2. The maximum Gasteiger partial charge on any atom is 0.271 e. The summed E-state index contributed by atoms with van der Waals surface area (Å²) in [5, 5.41) is 31.2. The molecule has 1 amide bonds. The molecule has 35 heavy (non-hydrogen) atoms.